The summed E-state index contributed by atoms with van der Waals surface area (Å²) >= 11 is 0. The van der Waals surface area contributed by atoms with E-state index in [0.717, 1.165) is 6.07 Å². The first kappa shape index (κ1) is 7.68. The molecular formula is C9H8F2O. The van der Waals surface area contributed by atoms with Crippen LogP contribution in [0.4, 0.5) is 8.78 Å². The zero-order valence-electron chi connectivity index (χ0n) is 6.44. The Morgan fingerprint density at radius 2 is 2.08 bits per heavy atom. The van der Waals surface area contributed by atoms with Gasteiger partial charge in [-0.25, -0.2) is 8.78 Å². The lowest BCUT2D eigenvalue weighted by molar-refractivity contribution is 0.109. The quantitative estimate of drug-likeness (QED) is 0.579. The maximum atomic E-state index is 13.0. The Morgan fingerprint density at radius 1 is 1.25 bits per heavy atom. The van der Waals surface area contributed by atoms with Crippen LogP contribution in [-0.4, -0.2) is 6.61 Å². The Hall–Kier alpha value is -0.960. The smallest absolute Gasteiger partial charge is 0.129 e. The standard InChI is InChI=1S/C9H8F2O/c10-7-3-6-5-12-2-1-8(6)9(11)4-7/h3-4H,1-2,5H2. The third-order valence-corrected chi connectivity index (χ3v) is 2.01. The minimum atomic E-state index is -0.531. The molecule has 0 saturated heterocycles. The molecule has 0 unspecified atom stereocenters. The maximum Gasteiger partial charge on any atom is 0.129 e. The van der Waals surface area contributed by atoms with E-state index in [9.17, 15) is 8.78 Å². The molecule has 1 aliphatic heterocycles. The van der Waals surface area contributed by atoms with Crippen molar-refractivity contribution in [3.8, 4) is 0 Å². The topological polar surface area (TPSA) is 9.23 Å². The monoisotopic (exact) mass is 170 g/mol. The molecule has 0 aromatic heterocycles. The highest BCUT2D eigenvalue weighted by Crippen LogP contribution is 2.20. The summed E-state index contributed by atoms with van der Waals surface area (Å²) in [5.74, 6) is -0.981. The molecule has 0 spiro atoms. The minimum Gasteiger partial charge on any atom is -0.376 e. The molecule has 1 heterocycles. The maximum absolute atomic E-state index is 13.0. The summed E-state index contributed by atoms with van der Waals surface area (Å²) < 4.78 is 30.8. The van der Waals surface area contributed by atoms with Crippen LogP contribution in [0.15, 0.2) is 12.1 Å². The fraction of sp³-hybridized carbons (Fsp3) is 0.333. The number of halogens is 2. The van der Waals surface area contributed by atoms with E-state index in [1.807, 2.05) is 0 Å². The SMILES string of the molecule is Fc1cc(F)c2c(c1)COCC2. The molecule has 3 heteroatoms. The number of fused-ring (bicyclic) bond motifs is 1. The molecule has 0 atom stereocenters. The minimum absolute atomic E-state index is 0.323. The average Bonchev–Trinajstić information content (AvgIpc) is 2.04. The van der Waals surface area contributed by atoms with E-state index in [0.29, 0.717) is 30.8 Å². The fourth-order valence-electron chi connectivity index (χ4n) is 1.42. The van der Waals surface area contributed by atoms with Gasteiger partial charge in [-0.2, -0.15) is 0 Å². The third-order valence-electron chi connectivity index (χ3n) is 2.01. The zero-order valence-corrected chi connectivity index (χ0v) is 6.44. The van der Waals surface area contributed by atoms with Gasteiger partial charge in [0, 0.05) is 6.07 Å². The van der Waals surface area contributed by atoms with Crippen LogP contribution in [-0.2, 0) is 17.8 Å². The van der Waals surface area contributed by atoms with Gasteiger partial charge in [0.1, 0.15) is 11.6 Å². The molecule has 1 aromatic carbocycles. The van der Waals surface area contributed by atoms with E-state index in [-0.39, 0.29) is 0 Å². The van der Waals surface area contributed by atoms with Gasteiger partial charge in [0.05, 0.1) is 13.2 Å². The molecule has 0 N–H and O–H groups in total. The summed E-state index contributed by atoms with van der Waals surface area (Å²) in [6.45, 7) is 0.847. The highest BCUT2D eigenvalue weighted by molar-refractivity contribution is 5.30. The molecule has 2 rings (SSSR count). The van der Waals surface area contributed by atoms with E-state index >= 15 is 0 Å². The molecule has 1 aromatic rings. The molecule has 0 fully saturated rings. The summed E-state index contributed by atoms with van der Waals surface area (Å²) in [5.41, 5.74) is 1.24. The fourth-order valence-corrected chi connectivity index (χ4v) is 1.42. The Labute approximate surface area is 69.0 Å². The zero-order chi connectivity index (χ0) is 8.55. The Morgan fingerprint density at radius 3 is 2.92 bits per heavy atom. The van der Waals surface area contributed by atoms with Crippen LogP contribution >= 0.6 is 0 Å². The second kappa shape index (κ2) is 2.83. The van der Waals surface area contributed by atoms with Crippen LogP contribution in [0, 0.1) is 11.6 Å². The summed E-state index contributed by atoms with van der Waals surface area (Å²) in [7, 11) is 0. The molecule has 12 heavy (non-hydrogen) atoms. The lowest BCUT2D eigenvalue weighted by Gasteiger charge is -2.16. The predicted molar refractivity (Wildman–Crippen MR) is 39.7 cm³/mol. The highest BCUT2D eigenvalue weighted by Gasteiger charge is 2.14. The van der Waals surface area contributed by atoms with E-state index < -0.39 is 11.6 Å². The normalized spacial score (nSPS) is 15.8. The average molecular weight is 170 g/mol. The lowest BCUT2D eigenvalue weighted by atomic mass is 10.0. The highest BCUT2D eigenvalue weighted by atomic mass is 19.1. The van der Waals surface area contributed by atoms with Gasteiger partial charge < -0.3 is 4.74 Å². The Kier molecular flexibility index (Phi) is 1.81. The van der Waals surface area contributed by atoms with Crippen LogP contribution in [0.1, 0.15) is 11.1 Å². The number of ether oxygens (including phenoxy) is 1. The molecule has 0 aliphatic carbocycles. The van der Waals surface area contributed by atoms with Crippen molar-refractivity contribution in [3.05, 3.63) is 34.9 Å². The van der Waals surface area contributed by atoms with Crippen molar-refractivity contribution in [3.63, 3.8) is 0 Å². The van der Waals surface area contributed by atoms with Crippen molar-refractivity contribution in [2.75, 3.05) is 6.61 Å². The lowest BCUT2D eigenvalue weighted by Crippen LogP contribution is -2.12. The van der Waals surface area contributed by atoms with Crippen molar-refractivity contribution in [2.24, 2.45) is 0 Å². The van der Waals surface area contributed by atoms with Gasteiger partial charge in [-0.1, -0.05) is 0 Å². The van der Waals surface area contributed by atoms with Crippen molar-refractivity contribution in [1.29, 1.82) is 0 Å². The van der Waals surface area contributed by atoms with E-state index in [1.165, 1.54) is 6.07 Å². The number of hydrogen-bond acceptors (Lipinski definition) is 1. The molecule has 0 amide bonds. The van der Waals surface area contributed by atoms with Crippen molar-refractivity contribution < 1.29 is 13.5 Å². The number of hydrogen-bond donors (Lipinski definition) is 0. The van der Waals surface area contributed by atoms with Gasteiger partial charge in [-0.05, 0) is 23.6 Å². The summed E-state index contributed by atoms with van der Waals surface area (Å²) in [6.07, 6.45) is 0.543. The predicted octanol–water partition coefficient (Wildman–Crippen LogP) is 2.04. The van der Waals surface area contributed by atoms with E-state index in [2.05, 4.69) is 0 Å². The first-order valence-corrected chi connectivity index (χ1v) is 3.82. The van der Waals surface area contributed by atoms with Crippen LogP contribution in [0.3, 0.4) is 0 Å². The van der Waals surface area contributed by atoms with Crippen molar-refractivity contribution in [2.45, 2.75) is 13.0 Å². The van der Waals surface area contributed by atoms with Crippen LogP contribution in [0.5, 0.6) is 0 Å². The number of rotatable bonds is 0. The molecule has 1 nitrogen and oxygen atoms in total. The van der Waals surface area contributed by atoms with Gasteiger partial charge in [-0.3, -0.25) is 0 Å². The molecule has 0 saturated carbocycles. The molecule has 64 valence electrons. The van der Waals surface area contributed by atoms with Gasteiger partial charge in [-0.15, -0.1) is 0 Å². The molecule has 0 bridgehead atoms. The van der Waals surface area contributed by atoms with Gasteiger partial charge in [0.2, 0.25) is 0 Å². The third kappa shape index (κ3) is 1.20. The van der Waals surface area contributed by atoms with Crippen molar-refractivity contribution in [1.82, 2.24) is 0 Å². The van der Waals surface area contributed by atoms with E-state index in [1.54, 1.807) is 0 Å². The van der Waals surface area contributed by atoms with Crippen LogP contribution < -0.4 is 0 Å². The largest absolute Gasteiger partial charge is 0.376 e. The van der Waals surface area contributed by atoms with Crippen LogP contribution in [0.25, 0.3) is 0 Å². The van der Waals surface area contributed by atoms with E-state index in [4.69, 9.17) is 4.74 Å². The molecule has 1 aliphatic rings. The Balaban J connectivity index is 2.53. The first-order chi connectivity index (χ1) is 5.77. The van der Waals surface area contributed by atoms with Gasteiger partial charge in [0.15, 0.2) is 0 Å². The first-order valence-electron chi connectivity index (χ1n) is 3.82. The van der Waals surface area contributed by atoms with Crippen LogP contribution in [0.2, 0.25) is 0 Å². The van der Waals surface area contributed by atoms with Crippen molar-refractivity contribution >= 4 is 0 Å². The molecular weight excluding hydrogens is 162 g/mol. The summed E-state index contributed by atoms with van der Waals surface area (Å²) in [4.78, 5) is 0. The second-order valence-corrected chi connectivity index (χ2v) is 2.83. The van der Waals surface area contributed by atoms with Gasteiger partial charge >= 0.3 is 0 Å². The number of benzene rings is 1. The van der Waals surface area contributed by atoms with Gasteiger partial charge in [0.25, 0.3) is 0 Å². The Bertz CT molecular complexity index is 310. The second-order valence-electron chi connectivity index (χ2n) is 2.83. The molecule has 0 radical (unpaired) electrons. The summed E-state index contributed by atoms with van der Waals surface area (Å²) in [6, 6.07) is 2.25. The summed E-state index contributed by atoms with van der Waals surface area (Å²) in [5, 5.41) is 0.